The van der Waals surface area contributed by atoms with Gasteiger partial charge in [-0.05, 0) is 18.4 Å². The number of nitrogens with one attached hydrogen (secondary N) is 1. The summed E-state index contributed by atoms with van der Waals surface area (Å²) in [4.78, 5) is 14.1. The summed E-state index contributed by atoms with van der Waals surface area (Å²) in [5.41, 5.74) is 1.18. The highest BCUT2D eigenvalue weighted by atomic mass is 32.2. The Hall–Kier alpha value is -1.93. The molecule has 1 fully saturated rings. The zero-order valence-electron chi connectivity index (χ0n) is 11.3. The number of aromatic amines is 1. The van der Waals surface area contributed by atoms with Crippen LogP contribution in [0.4, 0.5) is 0 Å². The van der Waals surface area contributed by atoms with Gasteiger partial charge >= 0.3 is 0 Å². The molecule has 0 bridgehead atoms. The Morgan fingerprint density at radius 3 is 2.95 bits per heavy atom. The molecule has 1 saturated heterocycles. The number of hydrogen-bond donors (Lipinski definition) is 2. The van der Waals surface area contributed by atoms with Crippen LogP contribution in [0.25, 0.3) is 10.9 Å². The molecular weight excluding hydrogens is 292 g/mol. The normalized spacial score (nSPS) is 19.3. The summed E-state index contributed by atoms with van der Waals surface area (Å²) in [5.74, 6) is -0.364. The number of nitrogens with two attached hydrogens (primary N) is 1. The molecule has 2 heterocycles. The summed E-state index contributed by atoms with van der Waals surface area (Å²) in [6.45, 7) is 0.927. The molecule has 1 aliphatic rings. The molecule has 112 valence electrons. The van der Waals surface area contributed by atoms with E-state index in [2.05, 4.69) is 10.2 Å². The molecule has 1 aromatic heterocycles. The number of fused-ring (bicyclic) bond motifs is 1. The van der Waals surface area contributed by atoms with E-state index in [4.69, 9.17) is 5.14 Å². The summed E-state index contributed by atoms with van der Waals surface area (Å²) < 4.78 is 22.2. The fraction of sp³-hybridized carbons (Fsp3) is 0.385. The number of para-hydroxylation sites is 1. The van der Waals surface area contributed by atoms with Crippen molar-refractivity contribution in [1.29, 1.82) is 0 Å². The van der Waals surface area contributed by atoms with Gasteiger partial charge in [0, 0.05) is 18.5 Å². The van der Waals surface area contributed by atoms with Crippen LogP contribution < -0.4 is 5.14 Å². The molecule has 1 amide bonds. The number of hydrogen-bond acceptors (Lipinski definition) is 4. The van der Waals surface area contributed by atoms with Crippen molar-refractivity contribution in [2.45, 2.75) is 6.42 Å². The largest absolute Gasteiger partial charge is 0.337 e. The van der Waals surface area contributed by atoms with Gasteiger partial charge in [-0.15, -0.1) is 0 Å². The molecule has 0 aliphatic carbocycles. The van der Waals surface area contributed by atoms with Gasteiger partial charge in [0.1, 0.15) is 0 Å². The Kier molecular flexibility index (Phi) is 3.42. The second-order valence-corrected chi connectivity index (χ2v) is 7.01. The van der Waals surface area contributed by atoms with Crippen molar-refractivity contribution in [3.8, 4) is 0 Å². The number of sulfonamides is 1. The number of primary sulfonamides is 1. The molecule has 0 saturated carbocycles. The van der Waals surface area contributed by atoms with Gasteiger partial charge in [0.2, 0.25) is 10.0 Å². The number of aromatic nitrogens is 2. The molecular formula is C13H16N4O3S. The molecule has 0 radical (unpaired) electrons. The lowest BCUT2D eigenvalue weighted by Gasteiger charge is -2.15. The third kappa shape index (κ3) is 2.91. The van der Waals surface area contributed by atoms with Gasteiger partial charge in [0.05, 0.1) is 11.3 Å². The highest BCUT2D eigenvalue weighted by Gasteiger charge is 2.30. The van der Waals surface area contributed by atoms with Crippen molar-refractivity contribution in [3.05, 3.63) is 30.0 Å². The smallest absolute Gasteiger partial charge is 0.275 e. The number of rotatable bonds is 3. The van der Waals surface area contributed by atoms with E-state index in [-0.39, 0.29) is 17.6 Å². The second kappa shape index (κ2) is 5.12. The summed E-state index contributed by atoms with van der Waals surface area (Å²) in [6.07, 6.45) is 0.643. The van der Waals surface area contributed by atoms with Gasteiger partial charge in [0.15, 0.2) is 5.69 Å². The predicted molar refractivity (Wildman–Crippen MR) is 78.1 cm³/mol. The maximum Gasteiger partial charge on any atom is 0.275 e. The fourth-order valence-corrected chi connectivity index (χ4v) is 3.69. The lowest BCUT2D eigenvalue weighted by Crippen LogP contribution is -2.31. The van der Waals surface area contributed by atoms with Gasteiger partial charge in [-0.1, -0.05) is 18.2 Å². The summed E-state index contributed by atoms with van der Waals surface area (Å²) in [5, 5.41) is 12.7. The summed E-state index contributed by atoms with van der Waals surface area (Å²) in [7, 11) is -3.50. The monoisotopic (exact) mass is 308 g/mol. The van der Waals surface area contributed by atoms with Crippen molar-refractivity contribution >= 4 is 26.8 Å². The maximum absolute atomic E-state index is 12.5. The molecule has 8 heteroatoms. The van der Waals surface area contributed by atoms with Crippen LogP contribution in [0, 0.1) is 5.92 Å². The Labute approximate surface area is 122 Å². The third-order valence-corrected chi connectivity index (χ3v) is 4.65. The first-order valence-electron chi connectivity index (χ1n) is 6.67. The number of carbonyl (C=O) groups excluding carboxylic acids is 1. The number of nitrogens with zero attached hydrogens (tertiary/aromatic N) is 2. The number of likely N-dealkylation sites (tertiary alicyclic amines) is 1. The van der Waals surface area contributed by atoms with E-state index in [1.807, 2.05) is 24.3 Å². The highest BCUT2D eigenvalue weighted by molar-refractivity contribution is 7.89. The minimum Gasteiger partial charge on any atom is -0.337 e. The fourth-order valence-electron chi connectivity index (χ4n) is 2.76. The number of benzene rings is 1. The van der Waals surface area contributed by atoms with Crippen LogP contribution in [0.3, 0.4) is 0 Å². The summed E-state index contributed by atoms with van der Waals surface area (Å²) >= 11 is 0. The standard InChI is InChI=1S/C13H16N4O3S/c14-21(19,20)8-9-5-6-17(7-9)13(18)12-10-3-1-2-4-11(10)15-16-12/h1-4,9H,5-8H2,(H,15,16)(H2,14,19,20)/t9-/m1/s1. The van der Waals surface area contributed by atoms with Gasteiger partial charge in [-0.3, -0.25) is 9.89 Å². The molecule has 0 unspecified atom stereocenters. The third-order valence-electron chi connectivity index (χ3n) is 3.71. The van der Waals surface area contributed by atoms with Gasteiger partial charge in [-0.2, -0.15) is 5.10 Å². The number of carbonyl (C=O) groups is 1. The molecule has 2 aromatic rings. The molecule has 21 heavy (non-hydrogen) atoms. The lowest BCUT2D eigenvalue weighted by molar-refractivity contribution is 0.0784. The van der Waals surface area contributed by atoms with Gasteiger partial charge < -0.3 is 4.90 Å². The van der Waals surface area contributed by atoms with E-state index < -0.39 is 10.0 Å². The molecule has 7 nitrogen and oxygen atoms in total. The highest BCUT2D eigenvalue weighted by Crippen LogP contribution is 2.22. The second-order valence-electron chi connectivity index (χ2n) is 5.35. The molecule has 1 atom stereocenters. The van der Waals surface area contributed by atoms with Crippen LogP contribution >= 0.6 is 0 Å². The first kappa shape index (κ1) is 14.0. The lowest BCUT2D eigenvalue weighted by atomic mass is 10.1. The quantitative estimate of drug-likeness (QED) is 0.850. The Bertz CT molecular complexity index is 784. The first-order valence-corrected chi connectivity index (χ1v) is 8.38. The molecule has 0 spiro atoms. The summed E-state index contributed by atoms with van der Waals surface area (Å²) in [6, 6.07) is 7.41. The average Bonchev–Trinajstić information content (AvgIpc) is 3.02. The van der Waals surface area contributed by atoms with Crippen LogP contribution in [-0.4, -0.2) is 48.3 Å². The van der Waals surface area contributed by atoms with E-state index >= 15 is 0 Å². The van der Waals surface area contributed by atoms with Gasteiger partial charge in [0.25, 0.3) is 5.91 Å². The zero-order chi connectivity index (χ0) is 15.0. The Balaban J connectivity index is 1.78. The Morgan fingerprint density at radius 2 is 2.19 bits per heavy atom. The van der Waals surface area contributed by atoms with Crippen LogP contribution in [0.5, 0.6) is 0 Å². The van der Waals surface area contributed by atoms with E-state index in [9.17, 15) is 13.2 Å². The topological polar surface area (TPSA) is 109 Å². The predicted octanol–water partition coefficient (Wildman–Crippen LogP) is 0.314. The van der Waals surface area contributed by atoms with Crippen molar-refractivity contribution in [2.24, 2.45) is 11.1 Å². The van der Waals surface area contributed by atoms with Crippen LogP contribution in [0.2, 0.25) is 0 Å². The first-order chi connectivity index (χ1) is 9.94. The maximum atomic E-state index is 12.5. The van der Waals surface area contributed by atoms with E-state index in [0.29, 0.717) is 25.2 Å². The van der Waals surface area contributed by atoms with Crippen LogP contribution in [0.15, 0.2) is 24.3 Å². The molecule has 3 N–H and O–H groups in total. The minimum atomic E-state index is -3.50. The van der Waals surface area contributed by atoms with Gasteiger partial charge in [-0.25, -0.2) is 13.6 Å². The van der Waals surface area contributed by atoms with Crippen molar-refractivity contribution < 1.29 is 13.2 Å². The number of amides is 1. The SMILES string of the molecule is NS(=O)(=O)C[C@@H]1CCN(C(=O)c2n[nH]c3ccccc23)C1. The van der Waals surface area contributed by atoms with E-state index in [0.717, 1.165) is 10.9 Å². The molecule has 1 aromatic carbocycles. The van der Waals surface area contributed by atoms with Crippen molar-refractivity contribution in [2.75, 3.05) is 18.8 Å². The van der Waals surface area contributed by atoms with Crippen molar-refractivity contribution in [3.63, 3.8) is 0 Å². The molecule has 1 aliphatic heterocycles. The number of H-pyrrole nitrogens is 1. The van der Waals surface area contributed by atoms with Crippen LogP contribution in [0.1, 0.15) is 16.9 Å². The Morgan fingerprint density at radius 1 is 1.43 bits per heavy atom. The minimum absolute atomic E-state index is 0.0852. The van der Waals surface area contributed by atoms with E-state index in [1.54, 1.807) is 4.90 Å². The van der Waals surface area contributed by atoms with Crippen LogP contribution in [-0.2, 0) is 10.0 Å². The average molecular weight is 308 g/mol. The zero-order valence-corrected chi connectivity index (χ0v) is 12.1. The van der Waals surface area contributed by atoms with E-state index in [1.165, 1.54) is 0 Å². The van der Waals surface area contributed by atoms with Crippen molar-refractivity contribution in [1.82, 2.24) is 15.1 Å². The molecule has 3 rings (SSSR count).